The van der Waals surface area contributed by atoms with E-state index in [1.54, 1.807) is 0 Å². The highest BCUT2D eigenvalue weighted by Gasteiger charge is 2.45. The van der Waals surface area contributed by atoms with E-state index in [0.717, 1.165) is 12.1 Å². The Bertz CT molecular complexity index is 538. The molecule has 2 fully saturated rings. The van der Waals surface area contributed by atoms with Crippen LogP contribution in [0.2, 0.25) is 0 Å². The Morgan fingerprint density at radius 2 is 1.85 bits per heavy atom. The molecule has 108 valence electrons. The van der Waals surface area contributed by atoms with Gasteiger partial charge in [0.1, 0.15) is 17.2 Å². The number of amides is 1. The third-order valence-corrected chi connectivity index (χ3v) is 3.97. The van der Waals surface area contributed by atoms with Crippen molar-refractivity contribution in [2.75, 3.05) is 26.3 Å². The number of nitrogens with zero attached hydrogens (tertiary/aromatic N) is 1. The lowest BCUT2D eigenvalue weighted by atomic mass is 10.1. The van der Waals surface area contributed by atoms with Crippen molar-refractivity contribution in [2.45, 2.75) is 12.2 Å². The van der Waals surface area contributed by atoms with Crippen molar-refractivity contribution < 1.29 is 23.0 Å². The molecular formula is C13H12BrF2NO3. The molecule has 0 N–H and O–H groups in total. The lowest BCUT2D eigenvalue weighted by molar-refractivity contribution is -0.143. The molecule has 0 aromatic heterocycles. The zero-order valence-corrected chi connectivity index (χ0v) is 12.1. The van der Waals surface area contributed by atoms with Crippen LogP contribution in [-0.4, -0.2) is 42.9 Å². The molecule has 2 aliphatic rings. The Morgan fingerprint density at radius 1 is 1.25 bits per heavy atom. The number of hydrogen-bond acceptors (Lipinski definition) is 3. The largest absolute Gasteiger partial charge is 0.346 e. The van der Waals surface area contributed by atoms with Crippen LogP contribution in [0, 0.1) is 11.6 Å². The molecule has 2 saturated heterocycles. The maximum atomic E-state index is 13.8. The third-order valence-electron chi connectivity index (χ3n) is 3.52. The van der Waals surface area contributed by atoms with Gasteiger partial charge in [0.05, 0.1) is 19.8 Å². The zero-order chi connectivity index (χ0) is 14.3. The predicted molar refractivity (Wildman–Crippen MR) is 69.2 cm³/mol. The number of benzene rings is 1. The Hall–Kier alpha value is -1.05. The first kappa shape index (κ1) is 13.9. The molecule has 1 amide bonds. The maximum Gasteiger partial charge on any atom is 0.260 e. The number of ether oxygens (including phenoxy) is 2. The molecule has 1 spiro atoms. The van der Waals surface area contributed by atoms with Crippen molar-refractivity contribution in [1.29, 1.82) is 0 Å². The summed E-state index contributed by atoms with van der Waals surface area (Å²) in [7, 11) is 0. The smallest absolute Gasteiger partial charge is 0.260 e. The van der Waals surface area contributed by atoms with Gasteiger partial charge < -0.3 is 14.4 Å². The zero-order valence-electron chi connectivity index (χ0n) is 10.5. The molecule has 2 aliphatic heterocycles. The maximum absolute atomic E-state index is 13.8. The lowest BCUT2D eigenvalue weighted by Gasteiger charge is -2.22. The van der Waals surface area contributed by atoms with E-state index < -0.39 is 28.9 Å². The molecule has 20 heavy (non-hydrogen) atoms. The fourth-order valence-electron chi connectivity index (χ4n) is 2.56. The van der Waals surface area contributed by atoms with Gasteiger partial charge in [-0.15, -0.1) is 0 Å². The number of halogens is 3. The van der Waals surface area contributed by atoms with Crippen molar-refractivity contribution in [1.82, 2.24) is 4.90 Å². The van der Waals surface area contributed by atoms with Gasteiger partial charge >= 0.3 is 0 Å². The molecule has 0 unspecified atom stereocenters. The molecule has 0 radical (unpaired) electrons. The highest BCUT2D eigenvalue weighted by Crippen LogP contribution is 2.32. The summed E-state index contributed by atoms with van der Waals surface area (Å²) >= 11 is 2.98. The van der Waals surface area contributed by atoms with Crippen molar-refractivity contribution in [2.24, 2.45) is 0 Å². The lowest BCUT2D eigenvalue weighted by Crippen LogP contribution is -2.37. The van der Waals surface area contributed by atoms with Crippen LogP contribution in [0.15, 0.2) is 16.6 Å². The highest BCUT2D eigenvalue weighted by molar-refractivity contribution is 9.10. The second kappa shape index (κ2) is 5.05. The van der Waals surface area contributed by atoms with Crippen LogP contribution < -0.4 is 0 Å². The second-order valence-corrected chi connectivity index (χ2v) is 5.74. The minimum Gasteiger partial charge on any atom is -0.346 e. The molecular weight excluding hydrogens is 336 g/mol. The monoisotopic (exact) mass is 347 g/mol. The fraction of sp³-hybridized carbons (Fsp3) is 0.462. The third kappa shape index (κ3) is 2.34. The van der Waals surface area contributed by atoms with E-state index in [-0.39, 0.29) is 11.0 Å². The molecule has 0 saturated carbocycles. The topological polar surface area (TPSA) is 38.8 Å². The average molecular weight is 348 g/mol. The average Bonchev–Trinajstić information content (AvgIpc) is 2.99. The molecule has 1 aromatic carbocycles. The van der Waals surface area contributed by atoms with Crippen LogP contribution in [0.4, 0.5) is 8.78 Å². The summed E-state index contributed by atoms with van der Waals surface area (Å²) in [6.45, 7) is 1.50. The molecule has 0 aliphatic carbocycles. The van der Waals surface area contributed by atoms with E-state index in [0.29, 0.717) is 26.2 Å². The van der Waals surface area contributed by atoms with Gasteiger partial charge in [-0.3, -0.25) is 4.79 Å². The first-order chi connectivity index (χ1) is 9.51. The van der Waals surface area contributed by atoms with Crippen LogP contribution in [0.5, 0.6) is 0 Å². The first-order valence-electron chi connectivity index (χ1n) is 6.22. The number of hydrogen-bond donors (Lipinski definition) is 0. The van der Waals surface area contributed by atoms with Gasteiger partial charge in [0.25, 0.3) is 5.91 Å². The number of carbonyl (C=O) groups is 1. The van der Waals surface area contributed by atoms with Gasteiger partial charge in [0.15, 0.2) is 5.79 Å². The van der Waals surface area contributed by atoms with E-state index in [1.807, 2.05) is 0 Å². The van der Waals surface area contributed by atoms with Crippen molar-refractivity contribution in [3.63, 3.8) is 0 Å². The predicted octanol–water partition coefficient (Wildman–Crippen LogP) is 2.32. The molecule has 4 nitrogen and oxygen atoms in total. The van der Waals surface area contributed by atoms with Gasteiger partial charge in [-0.05, 0) is 12.1 Å². The summed E-state index contributed by atoms with van der Waals surface area (Å²) < 4.78 is 38.8. The summed E-state index contributed by atoms with van der Waals surface area (Å²) in [5, 5.41) is 0. The molecule has 2 heterocycles. The van der Waals surface area contributed by atoms with Gasteiger partial charge in [0, 0.05) is 17.4 Å². The molecule has 0 atom stereocenters. The van der Waals surface area contributed by atoms with E-state index >= 15 is 0 Å². The number of rotatable bonds is 1. The van der Waals surface area contributed by atoms with Gasteiger partial charge in [-0.25, -0.2) is 8.78 Å². The van der Waals surface area contributed by atoms with Crippen molar-refractivity contribution >= 4 is 21.8 Å². The minimum atomic E-state index is -0.879. The van der Waals surface area contributed by atoms with Gasteiger partial charge in [0.2, 0.25) is 0 Å². The van der Waals surface area contributed by atoms with Crippen molar-refractivity contribution in [3.8, 4) is 0 Å². The number of carbonyl (C=O) groups excluding carboxylic acids is 1. The summed E-state index contributed by atoms with van der Waals surface area (Å²) in [4.78, 5) is 13.6. The first-order valence-corrected chi connectivity index (χ1v) is 7.02. The highest BCUT2D eigenvalue weighted by atomic mass is 79.9. The Balaban J connectivity index is 1.84. The molecule has 3 rings (SSSR count). The summed E-state index contributed by atoms with van der Waals surface area (Å²) in [6, 6.07) is 2.15. The van der Waals surface area contributed by atoms with Gasteiger partial charge in [-0.1, -0.05) is 15.9 Å². The molecule has 1 aromatic rings. The molecule has 0 bridgehead atoms. The normalized spacial score (nSPS) is 20.9. The molecule has 7 heteroatoms. The quantitative estimate of drug-likeness (QED) is 0.782. The Labute approximate surface area is 122 Å². The van der Waals surface area contributed by atoms with Crippen LogP contribution in [-0.2, 0) is 9.47 Å². The van der Waals surface area contributed by atoms with Crippen LogP contribution in [0.25, 0.3) is 0 Å². The van der Waals surface area contributed by atoms with E-state index in [4.69, 9.17) is 9.47 Å². The van der Waals surface area contributed by atoms with Crippen molar-refractivity contribution in [3.05, 3.63) is 33.8 Å². The summed E-state index contributed by atoms with van der Waals surface area (Å²) in [5.41, 5.74) is -0.539. The second-order valence-electron chi connectivity index (χ2n) is 4.83. The van der Waals surface area contributed by atoms with Gasteiger partial charge in [-0.2, -0.15) is 0 Å². The minimum absolute atomic E-state index is 0.195. The van der Waals surface area contributed by atoms with E-state index in [9.17, 15) is 13.6 Å². The summed E-state index contributed by atoms with van der Waals surface area (Å²) in [6.07, 6.45) is 0.512. The van der Waals surface area contributed by atoms with Crippen LogP contribution in [0.3, 0.4) is 0 Å². The summed E-state index contributed by atoms with van der Waals surface area (Å²) in [5.74, 6) is -3.23. The van der Waals surface area contributed by atoms with E-state index in [1.165, 1.54) is 4.90 Å². The number of likely N-dealkylation sites (tertiary alicyclic amines) is 1. The fourth-order valence-corrected chi connectivity index (χ4v) is 2.97. The van der Waals surface area contributed by atoms with E-state index in [2.05, 4.69) is 15.9 Å². The van der Waals surface area contributed by atoms with Crippen LogP contribution in [0.1, 0.15) is 16.8 Å². The SMILES string of the molecule is O=C(c1c(F)cc(Br)cc1F)N1CCC2(C1)OCCO2. The Morgan fingerprint density at radius 3 is 2.45 bits per heavy atom. The standard InChI is InChI=1S/C13H12BrF2NO3/c14-8-5-9(15)11(10(16)6-8)12(18)17-2-1-13(7-17)19-3-4-20-13/h5-6H,1-4,7H2. The Kier molecular flexibility index (Phi) is 3.51. The van der Waals surface area contributed by atoms with Crippen LogP contribution >= 0.6 is 15.9 Å².